The van der Waals surface area contributed by atoms with Crippen LogP contribution < -0.4 is 4.74 Å². The number of aromatic amines is 1. The lowest BCUT2D eigenvalue weighted by Crippen LogP contribution is -2.11. The van der Waals surface area contributed by atoms with Crippen LogP contribution in [-0.2, 0) is 7.05 Å². The number of aromatic nitrogens is 4. The molecule has 0 radical (unpaired) electrons. The third-order valence-corrected chi connectivity index (χ3v) is 2.85. The number of nitrogens with zero attached hydrogens (tertiary/aromatic N) is 4. The van der Waals surface area contributed by atoms with Crippen molar-refractivity contribution in [2.24, 2.45) is 7.05 Å². The molecular formula is C12H9N5O4. The molecule has 0 atom stereocenters. The molecule has 0 amide bonds. The second-order valence-corrected chi connectivity index (χ2v) is 4.27. The van der Waals surface area contributed by atoms with Gasteiger partial charge >= 0.3 is 17.8 Å². The van der Waals surface area contributed by atoms with Gasteiger partial charge in [0.05, 0.1) is 22.9 Å². The Bertz CT molecular complexity index is 850. The lowest BCUT2D eigenvalue weighted by atomic mass is 10.2. The molecule has 2 heterocycles. The number of hydrogen-bond donors (Lipinski definition) is 1. The van der Waals surface area contributed by atoms with Gasteiger partial charge in [0.1, 0.15) is 6.20 Å². The number of hydrogen-bond acceptors (Lipinski definition) is 6. The van der Waals surface area contributed by atoms with Crippen LogP contribution in [0.5, 0.6) is 6.01 Å². The Morgan fingerprint density at radius 2 is 2.29 bits per heavy atom. The number of esters is 1. The molecule has 1 aromatic carbocycles. The third-order valence-electron chi connectivity index (χ3n) is 2.85. The maximum Gasteiger partial charge on any atom is 0.422 e. The van der Waals surface area contributed by atoms with E-state index < -0.39 is 10.9 Å². The van der Waals surface area contributed by atoms with E-state index >= 15 is 0 Å². The van der Waals surface area contributed by atoms with Crippen LogP contribution in [-0.4, -0.2) is 30.4 Å². The van der Waals surface area contributed by atoms with Crippen LogP contribution in [0, 0.1) is 10.1 Å². The first kappa shape index (κ1) is 12.8. The molecule has 0 aliphatic rings. The number of nitrogens with one attached hydrogen (secondary N) is 1. The smallest absolute Gasteiger partial charge is 0.369 e. The van der Waals surface area contributed by atoms with Crippen molar-refractivity contribution in [3.8, 4) is 6.01 Å². The molecule has 9 nitrogen and oxygen atoms in total. The highest BCUT2D eigenvalue weighted by atomic mass is 16.6. The molecule has 0 saturated heterocycles. The van der Waals surface area contributed by atoms with Crippen molar-refractivity contribution in [3.63, 3.8) is 0 Å². The van der Waals surface area contributed by atoms with Crippen LogP contribution >= 0.6 is 0 Å². The summed E-state index contributed by atoms with van der Waals surface area (Å²) in [5.41, 5.74) is 1.69. The third kappa shape index (κ3) is 2.31. The van der Waals surface area contributed by atoms with Gasteiger partial charge < -0.3 is 19.8 Å². The van der Waals surface area contributed by atoms with Crippen LogP contribution in [0.25, 0.3) is 11.0 Å². The molecule has 106 valence electrons. The standard InChI is InChI=1S/C12H9N5O4/c1-16-5-10(17(19)20)15-12(16)21-11(18)7-2-3-8-9(4-7)14-6-13-8/h2-6H,1H3,(H,13,14). The molecule has 9 heteroatoms. The molecule has 0 fully saturated rings. The fourth-order valence-corrected chi connectivity index (χ4v) is 1.82. The normalized spacial score (nSPS) is 10.7. The number of imidazole rings is 2. The molecular weight excluding hydrogens is 278 g/mol. The van der Waals surface area contributed by atoms with E-state index in [0.29, 0.717) is 5.52 Å². The molecule has 3 rings (SSSR count). The van der Waals surface area contributed by atoms with E-state index in [-0.39, 0.29) is 17.4 Å². The average molecular weight is 287 g/mol. The van der Waals surface area contributed by atoms with Crippen molar-refractivity contribution in [2.75, 3.05) is 0 Å². The lowest BCUT2D eigenvalue weighted by molar-refractivity contribution is -0.389. The van der Waals surface area contributed by atoms with Gasteiger partial charge in [0.25, 0.3) is 0 Å². The number of carbonyl (C=O) groups excluding carboxylic acids is 1. The van der Waals surface area contributed by atoms with Gasteiger partial charge in [0.2, 0.25) is 0 Å². The average Bonchev–Trinajstić information content (AvgIpc) is 3.05. The highest BCUT2D eigenvalue weighted by Gasteiger charge is 2.21. The molecule has 0 spiro atoms. The Hall–Kier alpha value is -3.23. The topological polar surface area (TPSA) is 116 Å². The summed E-state index contributed by atoms with van der Waals surface area (Å²) in [7, 11) is 1.50. The fourth-order valence-electron chi connectivity index (χ4n) is 1.82. The van der Waals surface area contributed by atoms with Gasteiger partial charge in [0.15, 0.2) is 0 Å². The van der Waals surface area contributed by atoms with E-state index in [1.165, 1.54) is 24.1 Å². The number of aryl methyl sites for hydroxylation is 1. The highest BCUT2D eigenvalue weighted by molar-refractivity contribution is 5.94. The zero-order valence-corrected chi connectivity index (χ0v) is 10.8. The minimum Gasteiger partial charge on any atom is -0.369 e. The van der Waals surface area contributed by atoms with Crippen molar-refractivity contribution < 1.29 is 14.5 Å². The van der Waals surface area contributed by atoms with E-state index in [2.05, 4.69) is 15.0 Å². The molecule has 0 aliphatic carbocycles. The summed E-state index contributed by atoms with van der Waals surface area (Å²) in [4.78, 5) is 32.6. The number of nitro groups is 1. The monoisotopic (exact) mass is 287 g/mol. The van der Waals surface area contributed by atoms with Crippen LogP contribution in [0.15, 0.2) is 30.7 Å². The summed E-state index contributed by atoms with van der Waals surface area (Å²) in [6.45, 7) is 0. The summed E-state index contributed by atoms with van der Waals surface area (Å²) in [6, 6.07) is 4.68. The number of rotatable bonds is 3. The molecule has 2 aromatic heterocycles. The van der Waals surface area contributed by atoms with Crippen molar-refractivity contribution in [1.82, 2.24) is 19.5 Å². The molecule has 0 bridgehead atoms. The number of carbonyl (C=O) groups is 1. The number of benzene rings is 1. The van der Waals surface area contributed by atoms with E-state index in [0.717, 1.165) is 5.52 Å². The number of fused-ring (bicyclic) bond motifs is 1. The fraction of sp³-hybridized carbons (Fsp3) is 0.0833. The molecule has 1 N–H and O–H groups in total. The first-order chi connectivity index (χ1) is 10.0. The Kier molecular flexibility index (Phi) is 2.87. The largest absolute Gasteiger partial charge is 0.422 e. The maximum atomic E-state index is 12.0. The summed E-state index contributed by atoms with van der Waals surface area (Å²) in [5.74, 6) is -1.05. The zero-order chi connectivity index (χ0) is 15.0. The first-order valence-corrected chi connectivity index (χ1v) is 5.87. The summed E-state index contributed by atoms with van der Waals surface area (Å²) in [6.07, 6.45) is 2.68. The number of H-pyrrole nitrogens is 1. The van der Waals surface area contributed by atoms with Gasteiger partial charge in [-0.2, -0.15) is 0 Å². The minimum absolute atomic E-state index is 0.145. The second-order valence-electron chi connectivity index (χ2n) is 4.27. The molecule has 21 heavy (non-hydrogen) atoms. The van der Waals surface area contributed by atoms with Crippen LogP contribution in [0.4, 0.5) is 5.82 Å². The Labute approximate surface area is 117 Å². The molecule has 0 aliphatic heterocycles. The van der Waals surface area contributed by atoms with Crippen LogP contribution in [0.3, 0.4) is 0 Å². The van der Waals surface area contributed by atoms with Crippen molar-refractivity contribution in [1.29, 1.82) is 0 Å². The maximum absolute atomic E-state index is 12.0. The van der Waals surface area contributed by atoms with Gasteiger partial charge in [-0.05, 0) is 23.1 Å². The predicted octanol–water partition coefficient (Wildman–Crippen LogP) is 1.42. The van der Waals surface area contributed by atoms with Crippen LogP contribution in [0.2, 0.25) is 0 Å². The Balaban J connectivity index is 1.87. The van der Waals surface area contributed by atoms with E-state index in [4.69, 9.17) is 4.74 Å². The molecule has 3 aromatic rings. The minimum atomic E-state index is -0.663. The molecule has 0 unspecified atom stereocenters. The summed E-state index contributed by atoms with van der Waals surface area (Å²) >= 11 is 0. The SMILES string of the molecule is Cn1cc([N+](=O)[O-])nc1OC(=O)c1ccc2[nH]cnc2c1. The molecule has 0 saturated carbocycles. The van der Waals surface area contributed by atoms with E-state index in [1.807, 2.05) is 0 Å². The van der Waals surface area contributed by atoms with Crippen molar-refractivity contribution >= 4 is 22.8 Å². The Morgan fingerprint density at radius 1 is 1.48 bits per heavy atom. The van der Waals surface area contributed by atoms with Gasteiger partial charge in [-0.1, -0.05) is 0 Å². The summed E-state index contributed by atoms with van der Waals surface area (Å²) in [5, 5.41) is 10.6. The van der Waals surface area contributed by atoms with E-state index in [9.17, 15) is 14.9 Å². The quantitative estimate of drug-likeness (QED) is 0.442. The zero-order valence-electron chi connectivity index (χ0n) is 10.8. The van der Waals surface area contributed by atoms with Gasteiger partial charge in [0, 0.05) is 12.0 Å². The summed E-state index contributed by atoms with van der Waals surface area (Å²) < 4.78 is 6.32. The van der Waals surface area contributed by atoms with E-state index in [1.54, 1.807) is 18.2 Å². The van der Waals surface area contributed by atoms with Gasteiger partial charge in [-0.15, -0.1) is 0 Å². The van der Waals surface area contributed by atoms with Crippen molar-refractivity contribution in [2.45, 2.75) is 0 Å². The second kappa shape index (κ2) is 4.71. The van der Waals surface area contributed by atoms with Gasteiger partial charge in [-0.3, -0.25) is 4.57 Å². The first-order valence-electron chi connectivity index (χ1n) is 5.87. The Morgan fingerprint density at radius 3 is 3.00 bits per heavy atom. The van der Waals surface area contributed by atoms with Crippen LogP contribution in [0.1, 0.15) is 10.4 Å². The predicted molar refractivity (Wildman–Crippen MR) is 70.9 cm³/mol. The highest BCUT2D eigenvalue weighted by Crippen LogP contribution is 2.18. The van der Waals surface area contributed by atoms with Gasteiger partial charge in [-0.25, -0.2) is 9.78 Å². The lowest BCUT2D eigenvalue weighted by Gasteiger charge is -2.00. The number of ether oxygens (including phenoxy) is 1. The van der Waals surface area contributed by atoms with Crippen molar-refractivity contribution in [3.05, 3.63) is 46.4 Å².